The lowest BCUT2D eigenvalue weighted by Gasteiger charge is -2.18. The van der Waals surface area contributed by atoms with Gasteiger partial charge in [-0.25, -0.2) is 4.79 Å². The molecule has 2 rings (SSSR count). The van der Waals surface area contributed by atoms with Crippen molar-refractivity contribution < 1.29 is 25.2 Å². The molecule has 0 spiro atoms. The van der Waals surface area contributed by atoms with Gasteiger partial charge in [-0.05, 0) is 0 Å². The molecule has 0 aliphatic carbocycles. The Morgan fingerprint density at radius 1 is 1.37 bits per heavy atom. The monoisotopic (exact) mass is 273 g/mol. The number of nitrogen functional groups attached to an aromatic ring is 1. The highest BCUT2D eigenvalue weighted by molar-refractivity contribution is 5.36. The first-order chi connectivity index (χ1) is 8.99. The maximum absolute atomic E-state index is 11.7. The SMILES string of the molecule is Nc1nc(=O)n(C2OC(CO)C(O)C2O)cc1CO. The Morgan fingerprint density at radius 3 is 2.58 bits per heavy atom. The van der Waals surface area contributed by atoms with Gasteiger partial charge in [0.2, 0.25) is 0 Å². The van der Waals surface area contributed by atoms with Gasteiger partial charge < -0.3 is 30.9 Å². The van der Waals surface area contributed by atoms with Gasteiger partial charge in [-0.2, -0.15) is 4.98 Å². The first kappa shape index (κ1) is 13.9. The molecule has 106 valence electrons. The molecule has 9 heteroatoms. The molecule has 4 unspecified atom stereocenters. The van der Waals surface area contributed by atoms with Crippen LogP contribution in [0.25, 0.3) is 0 Å². The van der Waals surface area contributed by atoms with Crippen LogP contribution in [0.5, 0.6) is 0 Å². The number of nitrogens with two attached hydrogens (primary N) is 1. The summed E-state index contributed by atoms with van der Waals surface area (Å²) in [6.45, 7) is -0.938. The smallest absolute Gasteiger partial charge is 0.351 e. The summed E-state index contributed by atoms with van der Waals surface area (Å²) in [4.78, 5) is 15.2. The van der Waals surface area contributed by atoms with Crippen LogP contribution in [0.2, 0.25) is 0 Å². The zero-order valence-corrected chi connectivity index (χ0v) is 9.88. The number of ether oxygens (including phenoxy) is 1. The van der Waals surface area contributed by atoms with Crippen molar-refractivity contribution in [1.82, 2.24) is 9.55 Å². The summed E-state index contributed by atoms with van der Waals surface area (Å²) < 4.78 is 6.11. The van der Waals surface area contributed by atoms with Crippen LogP contribution in [-0.2, 0) is 11.3 Å². The molecule has 0 radical (unpaired) electrons. The van der Waals surface area contributed by atoms with E-state index in [0.29, 0.717) is 0 Å². The summed E-state index contributed by atoms with van der Waals surface area (Å²) >= 11 is 0. The summed E-state index contributed by atoms with van der Waals surface area (Å²) in [6, 6.07) is 0. The topological polar surface area (TPSA) is 151 Å². The molecule has 1 aliphatic heterocycles. The second kappa shape index (κ2) is 5.23. The molecule has 1 saturated heterocycles. The van der Waals surface area contributed by atoms with Crippen LogP contribution < -0.4 is 11.4 Å². The Bertz CT molecular complexity index is 518. The fourth-order valence-corrected chi connectivity index (χ4v) is 1.94. The molecule has 2 heterocycles. The van der Waals surface area contributed by atoms with Crippen LogP contribution in [0.1, 0.15) is 11.8 Å². The lowest BCUT2D eigenvalue weighted by Crippen LogP contribution is -2.36. The molecule has 1 aliphatic rings. The predicted molar refractivity (Wildman–Crippen MR) is 61.8 cm³/mol. The Kier molecular flexibility index (Phi) is 3.83. The number of aromatic nitrogens is 2. The number of hydrogen-bond donors (Lipinski definition) is 5. The van der Waals surface area contributed by atoms with Crippen LogP contribution in [0.4, 0.5) is 5.82 Å². The summed E-state index contributed by atoms with van der Waals surface area (Å²) in [5.74, 6) is -0.115. The van der Waals surface area contributed by atoms with Crippen molar-refractivity contribution in [2.24, 2.45) is 0 Å². The minimum Gasteiger partial charge on any atom is -0.394 e. The largest absolute Gasteiger partial charge is 0.394 e. The van der Waals surface area contributed by atoms with E-state index in [1.54, 1.807) is 0 Å². The second-order valence-corrected chi connectivity index (χ2v) is 4.23. The van der Waals surface area contributed by atoms with Crippen molar-refractivity contribution in [3.05, 3.63) is 22.2 Å². The molecule has 0 saturated carbocycles. The summed E-state index contributed by atoms with van der Waals surface area (Å²) in [7, 11) is 0. The fourth-order valence-electron chi connectivity index (χ4n) is 1.94. The minimum atomic E-state index is -1.40. The highest BCUT2D eigenvalue weighted by atomic mass is 16.6. The van der Waals surface area contributed by atoms with Gasteiger partial charge in [0.1, 0.15) is 24.1 Å². The molecule has 9 nitrogen and oxygen atoms in total. The molecule has 1 aromatic rings. The Balaban J connectivity index is 2.40. The van der Waals surface area contributed by atoms with E-state index in [1.165, 1.54) is 6.20 Å². The number of hydrogen-bond acceptors (Lipinski definition) is 8. The lowest BCUT2D eigenvalue weighted by molar-refractivity contribution is -0.0551. The van der Waals surface area contributed by atoms with Crippen molar-refractivity contribution in [2.75, 3.05) is 12.3 Å². The molecular weight excluding hydrogens is 258 g/mol. The van der Waals surface area contributed by atoms with Crippen molar-refractivity contribution in [2.45, 2.75) is 31.1 Å². The normalized spacial score (nSPS) is 30.7. The first-order valence-corrected chi connectivity index (χ1v) is 5.60. The van der Waals surface area contributed by atoms with Crippen LogP contribution >= 0.6 is 0 Å². The van der Waals surface area contributed by atoms with Crippen LogP contribution in [0.15, 0.2) is 11.0 Å². The first-order valence-electron chi connectivity index (χ1n) is 5.60. The van der Waals surface area contributed by atoms with E-state index in [9.17, 15) is 15.0 Å². The Hall–Kier alpha value is -1.52. The lowest BCUT2D eigenvalue weighted by atomic mass is 10.1. The van der Waals surface area contributed by atoms with Gasteiger partial charge in [-0.3, -0.25) is 4.57 Å². The van der Waals surface area contributed by atoms with Crippen molar-refractivity contribution in [3.63, 3.8) is 0 Å². The average Bonchev–Trinajstić information content (AvgIpc) is 2.67. The second-order valence-electron chi connectivity index (χ2n) is 4.23. The van der Waals surface area contributed by atoms with E-state index in [0.717, 1.165) is 4.57 Å². The van der Waals surface area contributed by atoms with E-state index in [2.05, 4.69) is 4.98 Å². The molecule has 19 heavy (non-hydrogen) atoms. The van der Waals surface area contributed by atoms with Crippen molar-refractivity contribution in [1.29, 1.82) is 0 Å². The maximum atomic E-state index is 11.7. The number of aliphatic hydroxyl groups is 4. The summed E-state index contributed by atoms with van der Waals surface area (Å²) in [6.07, 6.45) is -3.71. The molecule has 1 fully saturated rings. The van der Waals surface area contributed by atoms with Gasteiger partial charge in [0, 0.05) is 11.8 Å². The van der Waals surface area contributed by atoms with Gasteiger partial charge >= 0.3 is 5.69 Å². The highest BCUT2D eigenvalue weighted by Crippen LogP contribution is 2.28. The van der Waals surface area contributed by atoms with Crippen LogP contribution in [0, 0.1) is 0 Å². The van der Waals surface area contributed by atoms with Crippen molar-refractivity contribution in [3.8, 4) is 0 Å². The number of aliphatic hydroxyl groups excluding tert-OH is 4. The number of nitrogens with zero attached hydrogens (tertiary/aromatic N) is 2. The Labute approximate surface area is 107 Å². The van der Waals surface area contributed by atoms with Gasteiger partial charge in [-0.15, -0.1) is 0 Å². The van der Waals surface area contributed by atoms with E-state index in [4.69, 9.17) is 20.7 Å². The van der Waals surface area contributed by atoms with Gasteiger partial charge in [0.15, 0.2) is 6.23 Å². The van der Waals surface area contributed by atoms with E-state index >= 15 is 0 Å². The van der Waals surface area contributed by atoms with Gasteiger partial charge in [0.05, 0.1) is 13.2 Å². The molecule has 0 amide bonds. The minimum absolute atomic E-state index is 0.115. The van der Waals surface area contributed by atoms with E-state index < -0.39 is 43.4 Å². The average molecular weight is 273 g/mol. The molecule has 6 N–H and O–H groups in total. The maximum Gasteiger partial charge on any atom is 0.351 e. The van der Waals surface area contributed by atoms with Crippen LogP contribution in [0.3, 0.4) is 0 Å². The van der Waals surface area contributed by atoms with E-state index in [1.807, 2.05) is 0 Å². The Morgan fingerprint density at radius 2 is 2.05 bits per heavy atom. The molecule has 0 aromatic carbocycles. The third kappa shape index (κ3) is 2.33. The number of rotatable bonds is 3. The summed E-state index contributed by atoms with van der Waals surface area (Å²) in [5, 5.41) is 37.5. The van der Waals surface area contributed by atoms with Gasteiger partial charge in [-0.1, -0.05) is 0 Å². The zero-order chi connectivity index (χ0) is 14.2. The molecule has 4 atom stereocenters. The van der Waals surface area contributed by atoms with Gasteiger partial charge in [0.25, 0.3) is 0 Å². The fraction of sp³-hybridized carbons (Fsp3) is 0.600. The van der Waals surface area contributed by atoms with Crippen molar-refractivity contribution >= 4 is 5.82 Å². The molecule has 0 bridgehead atoms. The predicted octanol–water partition coefficient (Wildman–Crippen LogP) is -3.07. The highest BCUT2D eigenvalue weighted by Gasteiger charge is 2.43. The summed E-state index contributed by atoms with van der Waals surface area (Å²) in [5.41, 5.74) is 4.84. The molecule has 1 aromatic heterocycles. The quantitative estimate of drug-likeness (QED) is 0.389. The molecular formula is C10H15N3O6. The third-order valence-electron chi connectivity index (χ3n) is 3.02. The number of anilines is 1. The van der Waals surface area contributed by atoms with E-state index in [-0.39, 0.29) is 11.4 Å². The van der Waals surface area contributed by atoms with Crippen LogP contribution in [-0.4, -0.2) is 54.9 Å². The standard InChI is InChI=1S/C10H15N3O6/c11-8-4(2-14)1-13(10(18)12-8)9-7(17)6(16)5(3-15)19-9/h1,5-7,9,14-17H,2-3H2,(H2,11,12,18). The third-order valence-corrected chi connectivity index (χ3v) is 3.02. The zero-order valence-electron chi connectivity index (χ0n) is 9.88.